The van der Waals surface area contributed by atoms with E-state index in [0.29, 0.717) is 17.1 Å². The normalized spacial score (nSPS) is 18.8. The molecule has 1 fully saturated rings. The monoisotopic (exact) mass is 293 g/mol. The van der Waals surface area contributed by atoms with Crippen LogP contribution in [0, 0.1) is 6.92 Å². The predicted octanol–water partition coefficient (Wildman–Crippen LogP) is 2.47. The summed E-state index contributed by atoms with van der Waals surface area (Å²) in [6.45, 7) is 8.10. The van der Waals surface area contributed by atoms with Gasteiger partial charge in [-0.05, 0) is 52.3 Å². The van der Waals surface area contributed by atoms with Gasteiger partial charge in [-0.2, -0.15) is 4.98 Å². The Morgan fingerprint density at radius 3 is 2.95 bits per heavy atom. The van der Waals surface area contributed by atoms with Crippen molar-refractivity contribution in [1.82, 2.24) is 15.3 Å². The first-order valence-electron chi connectivity index (χ1n) is 7.27. The van der Waals surface area contributed by atoms with Gasteiger partial charge in [0.1, 0.15) is 5.82 Å². The maximum atomic E-state index is 5.19. The first-order chi connectivity index (χ1) is 9.60. The van der Waals surface area contributed by atoms with Crippen LogP contribution in [0.4, 0.5) is 11.8 Å². The van der Waals surface area contributed by atoms with Crippen LogP contribution in [-0.4, -0.2) is 34.2 Å². The van der Waals surface area contributed by atoms with E-state index >= 15 is 0 Å². The maximum absolute atomic E-state index is 5.19. The van der Waals surface area contributed by atoms with Crippen LogP contribution in [0.3, 0.4) is 0 Å². The lowest BCUT2D eigenvalue weighted by Crippen LogP contribution is -2.38. The third kappa shape index (κ3) is 3.79. The SMILES string of the molecule is CCNC(=S)Nc1nc(C)cc(N2CCCC[C@H]2C)n1. The van der Waals surface area contributed by atoms with Gasteiger partial charge in [0.05, 0.1) is 0 Å². The minimum absolute atomic E-state index is 0.534. The zero-order valence-electron chi connectivity index (χ0n) is 12.4. The van der Waals surface area contributed by atoms with E-state index in [9.17, 15) is 0 Å². The highest BCUT2D eigenvalue weighted by Crippen LogP contribution is 2.24. The lowest BCUT2D eigenvalue weighted by Gasteiger charge is -2.34. The summed E-state index contributed by atoms with van der Waals surface area (Å²) in [5.41, 5.74) is 0.953. The second-order valence-electron chi connectivity index (χ2n) is 5.21. The molecule has 1 aromatic rings. The van der Waals surface area contributed by atoms with Crippen molar-refractivity contribution in [3.8, 4) is 0 Å². The molecule has 5 nitrogen and oxygen atoms in total. The molecular formula is C14H23N5S. The molecule has 1 atom stereocenters. The molecular weight excluding hydrogens is 270 g/mol. The van der Waals surface area contributed by atoms with Crippen molar-refractivity contribution in [3.63, 3.8) is 0 Å². The molecule has 0 radical (unpaired) electrons. The molecule has 2 rings (SSSR count). The molecule has 0 aromatic carbocycles. The zero-order valence-corrected chi connectivity index (χ0v) is 13.3. The number of aryl methyl sites for hydroxylation is 1. The van der Waals surface area contributed by atoms with Gasteiger partial charge in [-0.25, -0.2) is 4.98 Å². The summed E-state index contributed by atoms with van der Waals surface area (Å²) in [6.07, 6.45) is 3.75. The summed E-state index contributed by atoms with van der Waals surface area (Å²) >= 11 is 5.19. The Bertz CT molecular complexity index is 477. The molecule has 1 aromatic heterocycles. The Balaban J connectivity index is 2.17. The van der Waals surface area contributed by atoms with E-state index < -0.39 is 0 Å². The molecule has 0 unspecified atom stereocenters. The van der Waals surface area contributed by atoms with Gasteiger partial charge in [-0.3, -0.25) is 0 Å². The fraction of sp³-hybridized carbons (Fsp3) is 0.643. The van der Waals surface area contributed by atoms with Gasteiger partial charge in [-0.15, -0.1) is 0 Å². The number of hydrogen-bond donors (Lipinski definition) is 2. The summed E-state index contributed by atoms with van der Waals surface area (Å²) in [4.78, 5) is 11.4. The van der Waals surface area contributed by atoms with E-state index in [0.717, 1.165) is 24.6 Å². The Labute approximate surface area is 126 Å². The minimum atomic E-state index is 0.534. The fourth-order valence-corrected chi connectivity index (χ4v) is 2.74. The maximum Gasteiger partial charge on any atom is 0.231 e. The van der Waals surface area contributed by atoms with Crippen molar-refractivity contribution in [3.05, 3.63) is 11.8 Å². The number of nitrogens with zero attached hydrogens (tertiary/aromatic N) is 3. The fourth-order valence-electron chi connectivity index (χ4n) is 2.50. The van der Waals surface area contributed by atoms with E-state index in [-0.39, 0.29) is 0 Å². The molecule has 6 heteroatoms. The van der Waals surface area contributed by atoms with Gasteiger partial charge in [0.2, 0.25) is 5.95 Å². The molecule has 110 valence electrons. The Hall–Kier alpha value is -1.43. The first-order valence-corrected chi connectivity index (χ1v) is 7.68. The minimum Gasteiger partial charge on any atom is -0.363 e. The van der Waals surface area contributed by atoms with Gasteiger partial charge < -0.3 is 15.5 Å². The van der Waals surface area contributed by atoms with E-state index in [4.69, 9.17) is 12.2 Å². The summed E-state index contributed by atoms with van der Waals surface area (Å²) in [7, 11) is 0. The second-order valence-corrected chi connectivity index (χ2v) is 5.62. The summed E-state index contributed by atoms with van der Waals surface area (Å²) in [6, 6.07) is 2.58. The molecule has 0 bridgehead atoms. The molecule has 2 N–H and O–H groups in total. The number of aromatic nitrogens is 2. The third-order valence-electron chi connectivity index (χ3n) is 3.50. The van der Waals surface area contributed by atoms with Gasteiger partial charge in [0, 0.05) is 30.9 Å². The van der Waals surface area contributed by atoms with Crippen LogP contribution in [0.15, 0.2) is 6.07 Å². The van der Waals surface area contributed by atoms with Crippen LogP contribution in [0.1, 0.15) is 38.8 Å². The van der Waals surface area contributed by atoms with Gasteiger partial charge >= 0.3 is 0 Å². The molecule has 0 spiro atoms. The average Bonchev–Trinajstić information content (AvgIpc) is 2.38. The van der Waals surface area contributed by atoms with Crippen LogP contribution in [-0.2, 0) is 0 Å². The van der Waals surface area contributed by atoms with E-state index in [2.05, 4.69) is 32.4 Å². The lowest BCUT2D eigenvalue weighted by atomic mass is 10.0. The van der Waals surface area contributed by atoms with Crippen molar-refractivity contribution in [2.45, 2.75) is 46.1 Å². The molecule has 1 aliphatic rings. The van der Waals surface area contributed by atoms with Crippen molar-refractivity contribution >= 4 is 29.1 Å². The Morgan fingerprint density at radius 1 is 1.45 bits per heavy atom. The number of piperidine rings is 1. The molecule has 0 amide bonds. The van der Waals surface area contributed by atoms with Crippen molar-refractivity contribution in [2.75, 3.05) is 23.3 Å². The molecule has 2 heterocycles. The largest absolute Gasteiger partial charge is 0.363 e. The van der Waals surface area contributed by atoms with Gasteiger partial charge in [0.15, 0.2) is 5.11 Å². The average molecular weight is 293 g/mol. The Kier molecular flexibility index (Phi) is 5.11. The van der Waals surface area contributed by atoms with Crippen LogP contribution in [0.5, 0.6) is 0 Å². The lowest BCUT2D eigenvalue weighted by molar-refractivity contribution is 0.481. The zero-order chi connectivity index (χ0) is 14.5. The third-order valence-corrected chi connectivity index (χ3v) is 3.75. The molecule has 1 aliphatic heterocycles. The van der Waals surface area contributed by atoms with Gasteiger partial charge in [0.25, 0.3) is 0 Å². The quantitative estimate of drug-likeness (QED) is 0.835. The molecule has 0 saturated carbocycles. The number of rotatable bonds is 3. The molecule has 0 aliphatic carbocycles. The van der Waals surface area contributed by atoms with Gasteiger partial charge in [-0.1, -0.05) is 0 Å². The van der Waals surface area contributed by atoms with Crippen LogP contribution < -0.4 is 15.5 Å². The Morgan fingerprint density at radius 2 is 2.25 bits per heavy atom. The highest BCUT2D eigenvalue weighted by Gasteiger charge is 2.20. The number of hydrogen-bond acceptors (Lipinski definition) is 4. The topological polar surface area (TPSA) is 53.1 Å². The number of nitrogens with one attached hydrogen (secondary N) is 2. The summed E-state index contributed by atoms with van der Waals surface area (Å²) < 4.78 is 0. The number of thiocarbonyl (C=S) groups is 1. The standard InChI is InChI=1S/C14H23N5S/c1-4-15-14(20)18-13-16-10(2)9-12(17-13)19-8-6-5-7-11(19)3/h9,11H,4-8H2,1-3H3,(H2,15,16,17,18,20)/t11-/m1/s1. The van der Waals surface area contributed by atoms with Crippen molar-refractivity contribution in [2.24, 2.45) is 0 Å². The van der Waals surface area contributed by atoms with Crippen molar-refractivity contribution in [1.29, 1.82) is 0 Å². The van der Waals surface area contributed by atoms with Crippen LogP contribution in [0.25, 0.3) is 0 Å². The first kappa shape index (κ1) is 15.0. The van der Waals surface area contributed by atoms with Crippen LogP contribution in [0.2, 0.25) is 0 Å². The summed E-state index contributed by atoms with van der Waals surface area (Å²) in [5.74, 6) is 1.57. The predicted molar refractivity (Wildman–Crippen MR) is 87.3 cm³/mol. The van der Waals surface area contributed by atoms with E-state index in [1.54, 1.807) is 0 Å². The smallest absolute Gasteiger partial charge is 0.231 e. The second kappa shape index (κ2) is 6.83. The number of anilines is 2. The van der Waals surface area contributed by atoms with Crippen molar-refractivity contribution < 1.29 is 0 Å². The van der Waals surface area contributed by atoms with Crippen LogP contribution >= 0.6 is 12.2 Å². The molecule has 20 heavy (non-hydrogen) atoms. The summed E-state index contributed by atoms with van der Waals surface area (Å²) in [5, 5.41) is 6.66. The highest BCUT2D eigenvalue weighted by molar-refractivity contribution is 7.80. The molecule has 1 saturated heterocycles. The van der Waals surface area contributed by atoms with E-state index in [1.807, 2.05) is 19.9 Å². The highest BCUT2D eigenvalue weighted by atomic mass is 32.1. The van der Waals surface area contributed by atoms with E-state index in [1.165, 1.54) is 19.3 Å².